The van der Waals surface area contributed by atoms with Gasteiger partial charge in [-0.25, -0.2) is 4.79 Å². The van der Waals surface area contributed by atoms with Gasteiger partial charge in [-0.2, -0.15) is 0 Å². The lowest BCUT2D eigenvalue weighted by molar-refractivity contribution is -0.142. The molecular weight excluding hydrogens is 532 g/mol. The van der Waals surface area contributed by atoms with Crippen LogP contribution in [0.5, 0.6) is 0 Å². The fourth-order valence-electron chi connectivity index (χ4n) is 4.42. The van der Waals surface area contributed by atoms with Crippen molar-refractivity contribution in [2.45, 2.75) is 83.0 Å². The first-order chi connectivity index (χ1) is 19.4. The van der Waals surface area contributed by atoms with Gasteiger partial charge >= 0.3 is 11.9 Å². The topological polar surface area (TPSA) is 230 Å². The highest BCUT2D eigenvalue weighted by Crippen LogP contribution is 2.19. The summed E-state index contributed by atoms with van der Waals surface area (Å²) in [6.45, 7) is 4.08. The van der Waals surface area contributed by atoms with Gasteiger partial charge in [0.05, 0.1) is 6.04 Å². The molecule has 0 saturated carbocycles. The average Bonchev–Trinajstić information content (AvgIpc) is 3.32. The maximum Gasteiger partial charge on any atom is 0.326 e. The Morgan fingerprint density at radius 3 is 2.15 bits per heavy atom. The van der Waals surface area contributed by atoms with Crippen molar-refractivity contribution in [3.8, 4) is 0 Å². The number of aromatic nitrogens is 1. The number of rotatable bonds is 18. The average molecular weight is 575 g/mol. The van der Waals surface area contributed by atoms with Gasteiger partial charge in [0.15, 0.2) is 0 Å². The number of nitrogens with one attached hydrogen (secondary N) is 4. The second-order valence-electron chi connectivity index (χ2n) is 10.5. The van der Waals surface area contributed by atoms with E-state index in [4.69, 9.17) is 16.6 Å². The van der Waals surface area contributed by atoms with Crippen molar-refractivity contribution in [3.05, 3.63) is 36.0 Å². The highest BCUT2D eigenvalue weighted by atomic mass is 16.4. The maximum atomic E-state index is 13.3. The van der Waals surface area contributed by atoms with E-state index in [9.17, 15) is 29.1 Å². The number of amides is 3. The number of aliphatic carboxylic acids is 2. The van der Waals surface area contributed by atoms with Crippen molar-refractivity contribution in [3.63, 3.8) is 0 Å². The molecule has 13 heteroatoms. The van der Waals surface area contributed by atoms with E-state index < -0.39 is 53.8 Å². The quantitative estimate of drug-likeness (QED) is 0.116. The maximum absolute atomic E-state index is 13.3. The van der Waals surface area contributed by atoms with Crippen LogP contribution >= 0.6 is 0 Å². The van der Waals surface area contributed by atoms with Crippen LogP contribution in [0, 0.1) is 5.92 Å². The molecule has 0 radical (unpaired) electrons. The van der Waals surface area contributed by atoms with E-state index in [1.54, 1.807) is 6.20 Å². The first kappa shape index (κ1) is 33.2. The van der Waals surface area contributed by atoms with Crippen LogP contribution in [0.1, 0.15) is 57.9 Å². The van der Waals surface area contributed by atoms with E-state index >= 15 is 0 Å². The third kappa shape index (κ3) is 10.8. The number of unbranched alkanes of at least 4 members (excludes halogenated alkanes) is 1. The standard InChI is InChI=1S/C28H42N6O7/c1-16(2)13-22(33-25(37)19(30)10-11-24(35)36)27(39)32-21(9-5-6-12-29)26(38)34-23(28(40)41)14-17-15-31-20-8-4-3-7-18(17)20/h3-4,7-8,15-16,19,21-23,31H,5-6,9-14,29-30H2,1-2H3,(H,32,39)(H,33,37)(H,34,38)(H,35,36)(H,40,41). The normalized spacial score (nSPS) is 14.2. The Hall–Kier alpha value is -3.97. The molecule has 2 aromatic rings. The number of aromatic amines is 1. The van der Waals surface area contributed by atoms with E-state index in [1.807, 2.05) is 38.1 Å². The second-order valence-corrected chi connectivity index (χ2v) is 10.5. The Morgan fingerprint density at radius 1 is 0.878 bits per heavy atom. The second kappa shape index (κ2) is 16.3. The van der Waals surface area contributed by atoms with Crippen LogP contribution in [0.2, 0.25) is 0 Å². The molecule has 10 N–H and O–H groups in total. The van der Waals surface area contributed by atoms with Crippen LogP contribution < -0.4 is 27.4 Å². The van der Waals surface area contributed by atoms with E-state index in [1.165, 1.54) is 0 Å². The molecule has 0 aliphatic rings. The Balaban J connectivity index is 2.17. The highest BCUT2D eigenvalue weighted by Gasteiger charge is 2.31. The summed E-state index contributed by atoms with van der Waals surface area (Å²) in [5.74, 6) is -4.32. The molecule has 226 valence electrons. The summed E-state index contributed by atoms with van der Waals surface area (Å²) in [7, 11) is 0. The first-order valence-corrected chi connectivity index (χ1v) is 13.8. The predicted molar refractivity (Wildman–Crippen MR) is 153 cm³/mol. The smallest absolute Gasteiger partial charge is 0.326 e. The number of para-hydroxylation sites is 1. The molecular formula is C28H42N6O7. The number of carboxylic acid groups (broad SMARTS) is 2. The molecule has 2 rings (SSSR count). The largest absolute Gasteiger partial charge is 0.481 e. The molecule has 0 aliphatic heterocycles. The molecule has 0 fully saturated rings. The summed E-state index contributed by atoms with van der Waals surface area (Å²) in [6.07, 6.45) is 2.84. The molecule has 13 nitrogen and oxygen atoms in total. The van der Waals surface area contributed by atoms with Crippen LogP contribution in [-0.2, 0) is 30.4 Å². The number of carbonyl (C=O) groups is 5. The van der Waals surface area contributed by atoms with E-state index in [-0.39, 0.29) is 38.0 Å². The number of carbonyl (C=O) groups excluding carboxylic acids is 3. The van der Waals surface area contributed by atoms with Crippen LogP contribution in [0.4, 0.5) is 0 Å². The minimum absolute atomic E-state index is 0.0154. The Kier molecular flexibility index (Phi) is 13.2. The highest BCUT2D eigenvalue weighted by molar-refractivity contribution is 5.94. The molecule has 0 aliphatic carbocycles. The summed E-state index contributed by atoms with van der Waals surface area (Å²) >= 11 is 0. The number of hydrogen-bond donors (Lipinski definition) is 8. The fourth-order valence-corrected chi connectivity index (χ4v) is 4.42. The lowest BCUT2D eigenvalue weighted by atomic mass is 10.0. The molecule has 0 bridgehead atoms. The molecule has 3 amide bonds. The van der Waals surface area contributed by atoms with Crippen molar-refractivity contribution < 1.29 is 34.2 Å². The van der Waals surface area contributed by atoms with Gasteiger partial charge in [0.25, 0.3) is 0 Å². The van der Waals surface area contributed by atoms with Gasteiger partial charge in [0.1, 0.15) is 18.1 Å². The number of benzene rings is 1. The molecule has 1 aromatic carbocycles. The Morgan fingerprint density at radius 2 is 1.51 bits per heavy atom. The molecule has 1 aromatic heterocycles. The minimum atomic E-state index is -1.26. The van der Waals surface area contributed by atoms with Crippen molar-refractivity contribution in [2.24, 2.45) is 17.4 Å². The molecule has 0 saturated heterocycles. The van der Waals surface area contributed by atoms with Gasteiger partial charge in [-0.3, -0.25) is 19.2 Å². The summed E-state index contributed by atoms with van der Waals surface area (Å²) in [5, 5.41) is 27.4. The molecule has 1 heterocycles. The van der Waals surface area contributed by atoms with Gasteiger partial charge in [-0.1, -0.05) is 32.0 Å². The lowest BCUT2D eigenvalue weighted by Gasteiger charge is -2.26. The monoisotopic (exact) mass is 574 g/mol. The lowest BCUT2D eigenvalue weighted by Crippen LogP contribution is -2.57. The summed E-state index contributed by atoms with van der Waals surface area (Å²) in [6, 6.07) is 2.91. The summed E-state index contributed by atoms with van der Waals surface area (Å²) in [5.41, 5.74) is 13.0. The van der Waals surface area contributed by atoms with Gasteiger partial charge in [0.2, 0.25) is 17.7 Å². The van der Waals surface area contributed by atoms with Crippen LogP contribution in [-0.4, -0.2) is 75.6 Å². The van der Waals surface area contributed by atoms with Crippen LogP contribution in [0.3, 0.4) is 0 Å². The summed E-state index contributed by atoms with van der Waals surface area (Å²) in [4.78, 5) is 65.2. The molecule has 4 atom stereocenters. The zero-order chi connectivity index (χ0) is 30.5. The van der Waals surface area contributed by atoms with Crippen LogP contribution in [0.15, 0.2) is 30.5 Å². The van der Waals surface area contributed by atoms with Gasteiger partial charge in [0, 0.05) is 29.9 Å². The van der Waals surface area contributed by atoms with Crippen LogP contribution in [0.25, 0.3) is 10.9 Å². The third-order valence-corrected chi connectivity index (χ3v) is 6.64. The van der Waals surface area contributed by atoms with Crippen molar-refractivity contribution >= 4 is 40.6 Å². The number of hydrogen-bond acceptors (Lipinski definition) is 7. The molecule has 41 heavy (non-hydrogen) atoms. The van der Waals surface area contributed by atoms with Gasteiger partial charge < -0.3 is 42.6 Å². The number of carboxylic acids is 2. The van der Waals surface area contributed by atoms with E-state index in [0.29, 0.717) is 19.4 Å². The zero-order valence-corrected chi connectivity index (χ0v) is 23.5. The van der Waals surface area contributed by atoms with E-state index in [0.717, 1.165) is 16.5 Å². The first-order valence-electron chi connectivity index (χ1n) is 13.8. The molecule has 0 spiro atoms. The predicted octanol–water partition coefficient (Wildman–Crippen LogP) is 0.617. The van der Waals surface area contributed by atoms with Crippen molar-refractivity contribution in [1.82, 2.24) is 20.9 Å². The number of H-pyrrole nitrogens is 1. The third-order valence-electron chi connectivity index (χ3n) is 6.64. The Bertz CT molecular complexity index is 1200. The van der Waals surface area contributed by atoms with Crippen molar-refractivity contribution in [1.29, 1.82) is 0 Å². The Labute approximate surface area is 238 Å². The van der Waals surface area contributed by atoms with Gasteiger partial charge in [-0.15, -0.1) is 0 Å². The van der Waals surface area contributed by atoms with Gasteiger partial charge in [-0.05, 0) is 56.2 Å². The summed E-state index contributed by atoms with van der Waals surface area (Å²) < 4.78 is 0. The van der Waals surface area contributed by atoms with Crippen molar-refractivity contribution in [2.75, 3.05) is 6.54 Å². The SMILES string of the molecule is CC(C)CC(NC(=O)C(N)CCC(=O)O)C(=O)NC(CCCCN)C(=O)NC(Cc1c[nH]c2ccccc12)C(=O)O. The zero-order valence-electron chi connectivity index (χ0n) is 23.5. The van der Waals surface area contributed by atoms with E-state index in [2.05, 4.69) is 20.9 Å². The number of fused-ring (bicyclic) bond motifs is 1. The minimum Gasteiger partial charge on any atom is -0.481 e. The number of nitrogens with two attached hydrogens (primary N) is 2. The fraction of sp³-hybridized carbons (Fsp3) is 0.536. The molecule has 4 unspecified atom stereocenters.